The van der Waals surface area contributed by atoms with E-state index in [4.69, 9.17) is 0 Å². The summed E-state index contributed by atoms with van der Waals surface area (Å²) in [5.74, 6) is 0.804. The molecule has 0 radical (unpaired) electrons. The Balaban J connectivity index is 2.31. The number of nitrogens with one attached hydrogen (secondary N) is 1. The molecule has 1 N–H and O–H groups in total. The summed E-state index contributed by atoms with van der Waals surface area (Å²) in [6, 6.07) is 0.380. The minimum absolute atomic E-state index is 0.174. The summed E-state index contributed by atoms with van der Waals surface area (Å²) >= 11 is 0. The molecule has 0 amide bonds. The van der Waals surface area contributed by atoms with Crippen molar-refractivity contribution >= 4 is 10.0 Å². The van der Waals surface area contributed by atoms with E-state index in [1.807, 2.05) is 0 Å². The molecule has 1 heterocycles. The number of likely N-dealkylation sites (tertiary alicyclic amines) is 1. The van der Waals surface area contributed by atoms with E-state index in [2.05, 4.69) is 24.2 Å². The van der Waals surface area contributed by atoms with Crippen molar-refractivity contribution in [1.29, 1.82) is 0 Å². The van der Waals surface area contributed by atoms with Crippen LogP contribution in [0.3, 0.4) is 0 Å². The molecule has 6 heteroatoms. The molecule has 5 nitrogen and oxygen atoms in total. The first kappa shape index (κ1) is 15.9. The molecule has 0 spiro atoms. The molecule has 1 saturated heterocycles. The maximum atomic E-state index is 11.6. The summed E-state index contributed by atoms with van der Waals surface area (Å²) in [6.45, 7) is 4.97. The van der Waals surface area contributed by atoms with Crippen LogP contribution < -0.4 is 5.32 Å². The van der Waals surface area contributed by atoms with Crippen LogP contribution in [0.2, 0.25) is 0 Å². The molecule has 0 bridgehead atoms. The average Bonchev–Trinajstić information content (AvgIpc) is 2.28. The van der Waals surface area contributed by atoms with E-state index in [0.717, 1.165) is 6.54 Å². The van der Waals surface area contributed by atoms with Crippen molar-refractivity contribution < 1.29 is 8.42 Å². The van der Waals surface area contributed by atoms with Crippen LogP contribution in [0, 0.1) is 5.92 Å². The molecule has 0 saturated carbocycles. The van der Waals surface area contributed by atoms with Crippen LogP contribution in [-0.4, -0.2) is 70.2 Å². The molecule has 2 unspecified atom stereocenters. The summed E-state index contributed by atoms with van der Waals surface area (Å²) in [5, 5.41) is 3.35. The van der Waals surface area contributed by atoms with E-state index < -0.39 is 10.0 Å². The van der Waals surface area contributed by atoms with Crippen molar-refractivity contribution in [2.24, 2.45) is 5.92 Å². The fraction of sp³-hybridized carbons (Fsp3) is 1.00. The summed E-state index contributed by atoms with van der Waals surface area (Å²) in [5.41, 5.74) is 0. The zero-order valence-electron chi connectivity index (χ0n) is 12.0. The molecule has 0 aliphatic carbocycles. The number of hydrogen-bond donors (Lipinski definition) is 1. The zero-order valence-corrected chi connectivity index (χ0v) is 12.8. The van der Waals surface area contributed by atoms with E-state index in [-0.39, 0.29) is 5.75 Å². The molecule has 2 atom stereocenters. The van der Waals surface area contributed by atoms with Gasteiger partial charge < -0.3 is 10.2 Å². The predicted molar refractivity (Wildman–Crippen MR) is 75.2 cm³/mol. The number of rotatable bonds is 6. The van der Waals surface area contributed by atoms with Gasteiger partial charge >= 0.3 is 0 Å². The van der Waals surface area contributed by atoms with E-state index in [1.54, 1.807) is 14.1 Å². The van der Waals surface area contributed by atoms with Gasteiger partial charge in [-0.15, -0.1) is 0 Å². The highest BCUT2D eigenvalue weighted by Gasteiger charge is 2.23. The van der Waals surface area contributed by atoms with Gasteiger partial charge in [-0.25, -0.2) is 12.7 Å². The Morgan fingerprint density at radius 2 is 2.11 bits per heavy atom. The predicted octanol–water partition coefficient (Wildman–Crippen LogP) is 0.198. The van der Waals surface area contributed by atoms with Gasteiger partial charge in [0, 0.05) is 33.2 Å². The maximum absolute atomic E-state index is 11.6. The molecule has 18 heavy (non-hydrogen) atoms. The van der Waals surface area contributed by atoms with E-state index >= 15 is 0 Å². The molecular formula is C12H27N3O2S. The quantitative estimate of drug-likeness (QED) is 0.753. The molecule has 1 aliphatic rings. The minimum atomic E-state index is -3.07. The summed E-state index contributed by atoms with van der Waals surface area (Å²) in [4.78, 5) is 2.35. The molecular weight excluding hydrogens is 250 g/mol. The summed E-state index contributed by atoms with van der Waals surface area (Å²) < 4.78 is 24.5. The third-order valence-corrected chi connectivity index (χ3v) is 5.58. The standard InChI is InChI=1S/C12H27N3O2S/c1-11(12-6-5-8-15(4)10-12)13-7-9-18(16,17)14(2)3/h11-13H,5-10H2,1-4H3. The van der Waals surface area contributed by atoms with Gasteiger partial charge in [0.15, 0.2) is 0 Å². The van der Waals surface area contributed by atoms with Crippen LogP contribution in [0.15, 0.2) is 0 Å². The first-order chi connectivity index (χ1) is 8.33. The highest BCUT2D eigenvalue weighted by molar-refractivity contribution is 7.89. The lowest BCUT2D eigenvalue weighted by Gasteiger charge is -2.34. The highest BCUT2D eigenvalue weighted by atomic mass is 32.2. The van der Waals surface area contributed by atoms with E-state index in [1.165, 1.54) is 23.7 Å². The largest absolute Gasteiger partial charge is 0.313 e. The Morgan fingerprint density at radius 3 is 2.67 bits per heavy atom. The van der Waals surface area contributed by atoms with Crippen LogP contribution in [-0.2, 0) is 10.0 Å². The molecule has 108 valence electrons. The van der Waals surface area contributed by atoms with Crippen molar-refractivity contribution in [3.05, 3.63) is 0 Å². The first-order valence-corrected chi connectivity index (χ1v) is 8.26. The van der Waals surface area contributed by atoms with Gasteiger partial charge in [-0.1, -0.05) is 0 Å². The van der Waals surface area contributed by atoms with Crippen LogP contribution >= 0.6 is 0 Å². The van der Waals surface area contributed by atoms with Gasteiger partial charge in [-0.05, 0) is 39.3 Å². The van der Waals surface area contributed by atoms with Crippen LogP contribution in [0.5, 0.6) is 0 Å². The molecule has 0 aromatic heterocycles. The third-order valence-electron chi connectivity index (χ3n) is 3.75. The Labute approximate surface area is 112 Å². The van der Waals surface area contributed by atoms with Gasteiger partial charge in [-0.2, -0.15) is 0 Å². The lowest BCUT2D eigenvalue weighted by molar-refractivity contribution is 0.180. The van der Waals surface area contributed by atoms with Gasteiger partial charge in [0.25, 0.3) is 0 Å². The lowest BCUT2D eigenvalue weighted by atomic mass is 9.92. The Kier molecular flexibility index (Phi) is 6.04. The monoisotopic (exact) mass is 277 g/mol. The molecule has 1 fully saturated rings. The van der Waals surface area contributed by atoms with E-state index in [0.29, 0.717) is 18.5 Å². The minimum Gasteiger partial charge on any atom is -0.313 e. The van der Waals surface area contributed by atoms with Gasteiger partial charge in [0.05, 0.1) is 5.75 Å². The second-order valence-electron chi connectivity index (χ2n) is 5.51. The topological polar surface area (TPSA) is 52.7 Å². The average molecular weight is 277 g/mol. The maximum Gasteiger partial charge on any atom is 0.214 e. The summed E-state index contributed by atoms with van der Waals surface area (Å²) in [7, 11) is 2.23. The number of nitrogens with zero attached hydrogens (tertiary/aromatic N) is 2. The third kappa shape index (κ3) is 4.84. The fourth-order valence-electron chi connectivity index (χ4n) is 2.38. The van der Waals surface area contributed by atoms with Gasteiger partial charge in [-0.3, -0.25) is 0 Å². The Hall–Kier alpha value is -0.170. The number of sulfonamides is 1. The summed E-state index contributed by atoms with van der Waals surface area (Å²) in [6.07, 6.45) is 2.47. The second kappa shape index (κ2) is 6.84. The highest BCUT2D eigenvalue weighted by Crippen LogP contribution is 2.18. The van der Waals surface area contributed by atoms with Crippen LogP contribution in [0.4, 0.5) is 0 Å². The van der Waals surface area contributed by atoms with Crippen molar-refractivity contribution in [1.82, 2.24) is 14.5 Å². The number of piperidine rings is 1. The smallest absolute Gasteiger partial charge is 0.214 e. The fourth-order valence-corrected chi connectivity index (χ4v) is 3.12. The van der Waals surface area contributed by atoms with Crippen molar-refractivity contribution in [3.8, 4) is 0 Å². The van der Waals surface area contributed by atoms with E-state index in [9.17, 15) is 8.42 Å². The van der Waals surface area contributed by atoms with Crippen molar-refractivity contribution in [2.75, 3.05) is 46.5 Å². The Bertz CT molecular complexity index is 343. The number of hydrogen-bond acceptors (Lipinski definition) is 4. The zero-order chi connectivity index (χ0) is 13.8. The molecule has 0 aromatic rings. The molecule has 0 aromatic carbocycles. The van der Waals surface area contributed by atoms with Gasteiger partial charge in [0.2, 0.25) is 10.0 Å². The lowest BCUT2D eigenvalue weighted by Crippen LogP contribution is -2.44. The second-order valence-corrected chi connectivity index (χ2v) is 7.81. The molecule has 1 aliphatic heterocycles. The Morgan fingerprint density at radius 1 is 1.44 bits per heavy atom. The normalized spacial score (nSPS) is 24.4. The van der Waals surface area contributed by atoms with Crippen molar-refractivity contribution in [3.63, 3.8) is 0 Å². The van der Waals surface area contributed by atoms with Crippen LogP contribution in [0.1, 0.15) is 19.8 Å². The van der Waals surface area contributed by atoms with Gasteiger partial charge in [0.1, 0.15) is 0 Å². The van der Waals surface area contributed by atoms with Crippen LogP contribution in [0.25, 0.3) is 0 Å². The SMILES string of the molecule is CC(NCCS(=O)(=O)N(C)C)C1CCCN(C)C1. The first-order valence-electron chi connectivity index (χ1n) is 6.65. The molecule has 1 rings (SSSR count). The van der Waals surface area contributed by atoms with Crippen molar-refractivity contribution in [2.45, 2.75) is 25.8 Å².